The van der Waals surface area contributed by atoms with E-state index >= 15 is 0 Å². The molecule has 0 unspecified atom stereocenters. The Balaban J connectivity index is 1.66. The van der Waals surface area contributed by atoms with Crippen LogP contribution in [0.3, 0.4) is 0 Å². The van der Waals surface area contributed by atoms with Gasteiger partial charge in [-0.2, -0.15) is 0 Å². The maximum absolute atomic E-state index is 12.2. The number of carbonyl (C=O) groups excluding carboxylic acids is 2. The molecule has 0 aliphatic carbocycles. The molecule has 2 amide bonds. The van der Waals surface area contributed by atoms with Gasteiger partial charge in [0.05, 0.1) is 18.1 Å². The van der Waals surface area contributed by atoms with Crippen molar-refractivity contribution in [1.29, 1.82) is 0 Å². The number of primary amides is 1. The van der Waals surface area contributed by atoms with Crippen molar-refractivity contribution < 1.29 is 28.6 Å². The summed E-state index contributed by atoms with van der Waals surface area (Å²) in [6.45, 7) is 0. The Morgan fingerprint density at radius 1 is 1.21 bits per heavy atom. The number of thioether (sulfide) groups is 1. The molecular weight excluding hydrogens is 384 g/mol. The molecule has 0 radical (unpaired) electrons. The van der Waals surface area contributed by atoms with E-state index in [1.54, 1.807) is 43.5 Å². The Kier molecular flexibility index (Phi) is 5.80. The van der Waals surface area contributed by atoms with E-state index in [1.807, 2.05) is 0 Å². The van der Waals surface area contributed by atoms with Crippen LogP contribution in [0.5, 0.6) is 11.7 Å². The quantitative estimate of drug-likeness (QED) is 0.444. The van der Waals surface area contributed by atoms with Crippen LogP contribution in [0.25, 0.3) is 5.69 Å². The van der Waals surface area contributed by atoms with E-state index in [1.165, 1.54) is 16.8 Å². The number of hydrogen-bond acceptors (Lipinski definition) is 7. The average Bonchev–Trinajstić information content (AvgIpc) is 3.07. The van der Waals surface area contributed by atoms with E-state index in [0.29, 0.717) is 22.7 Å². The first-order valence-electron chi connectivity index (χ1n) is 8.04. The van der Waals surface area contributed by atoms with E-state index in [0.717, 1.165) is 11.8 Å². The van der Waals surface area contributed by atoms with Crippen molar-refractivity contribution >= 4 is 29.3 Å². The van der Waals surface area contributed by atoms with Crippen LogP contribution in [0.4, 0.5) is 5.69 Å². The minimum atomic E-state index is -0.639. The number of methoxy groups -OCH3 is 1. The van der Waals surface area contributed by atoms with Gasteiger partial charge in [-0.25, -0.2) is 0 Å². The van der Waals surface area contributed by atoms with Crippen molar-refractivity contribution in [2.75, 3.05) is 18.2 Å². The highest BCUT2D eigenvalue weighted by atomic mass is 32.2. The zero-order chi connectivity index (χ0) is 20.1. The third kappa shape index (κ3) is 4.41. The SMILES string of the molecule is COc1ccc(-[n+]2noc([O-])c2SCC(=O)Nc2ccc(C(N)=O)cc2)cc1. The fourth-order valence-corrected chi connectivity index (χ4v) is 3.05. The smallest absolute Gasteiger partial charge is 0.298 e. The maximum Gasteiger partial charge on any atom is 0.298 e. The fraction of sp³-hybridized carbons (Fsp3) is 0.111. The number of rotatable bonds is 7. The Labute approximate surface area is 164 Å². The second kappa shape index (κ2) is 8.44. The molecule has 1 heterocycles. The second-order valence-corrected chi connectivity index (χ2v) is 6.52. The van der Waals surface area contributed by atoms with Crippen LogP contribution in [0.2, 0.25) is 0 Å². The minimum absolute atomic E-state index is 0.0375. The summed E-state index contributed by atoms with van der Waals surface area (Å²) in [6.07, 6.45) is 0. The van der Waals surface area contributed by atoms with Crippen LogP contribution >= 0.6 is 11.8 Å². The van der Waals surface area contributed by atoms with Crippen molar-refractivity contribution in [3.05, 3.63) is 54.1 Å². The summed E-state index contributed by atoms with van der Waals surface area (Å²) in [6, 6.07) is 13.0. The zero-order valence-corrected chi connectivity index (χ0v) is 15.6. The summed E-state index contributed by atoms with van der Waals surface area (Å²) in [5.74, 6) is -0.902. The van der Waals surface area contributed by atoms with E-state index < -0.39 is 11.9 Å². The van der Waals surface area contributed by atoms with E-state index in [9.17, 15) is 14.7 Å². The minimum Gasteiger partial charge on any atom is -0.538 e. The molecule has 0 aliphatic heterocycles. The van der Waals surface area contributed by atoms with Crippen LogP contribution in [-0.2, 0) is 4.79 Å². The molecule has 144 valence electrons. The molecule has 0 bridgehead atoms. The molecule has 3 aromatic rings. The molecule has 9 nitrogen and oxygen atoms in total. The van der Waals surface area contributed by atoms with E-state index in [2.05, 4.69) is 10.6 Å². The highest BCUT2D eigenvalue weighted by molar-refractivity contribution is 7.99. The average molecular weight is 400 g/mol. The number of benzene rings is 2. The molecule has 3 rings (SSSR count). The monoisotopic (exact) mass is 400 g/mol. The van der Waals surface area contributed by atoms with Gasteiger partial charge in [-0.1, -0.05) is 0 Å². The third-order valence-electron chi connectivity index (χ3n) is 3.68. The number of anilines is 1. The number of ether oxygens (including phenoxy) is 1. The first-order valence-corrected chi connectivity index (χ1v) is 9.02. The summed E-state index contributed by atoms with van der Waals surface area (Å²) in [5, 5.41) is 18.5. The zero-order valence-electron chi connectivity index (χ0n) is 14.7. The van der Waals surface area contributed by atoms with Gasteiger partial charge in [0.25, 0.3) is 5.03 Å². The van der Waals surface area contributed by atoms with Gasteiger partial charge >= 0.3 is 0 Å². The maximum atomic E-state index is 12.2. The molecular formula is C18H16N4O5S. The molecule has 0 spiro atoms. The predicted molar refractivity (Wildman–Crippen MR) is 98.3 cm³/mol. The number of nitrogens with zero attached hydrogens (tertiary/aromatic N) is 2. The molecule has 3 N–H and O–H groups in total. The number of nitrogens with one attached hydrogen (secondary N) is 1. The summed E-state index contributed by atoms with van der Waals surface area (Å²) < 4.78 is 11.1. The van der Waals surface area contributed by atoms with E-state index in [-0.39, 0.29) is 16.7 Å². The van der Waals surface area contributed by atoms with Gasteiger partial charge in [0, 0.05) is 23.4 Å². The standard InChI is InChI=1S/C18H16N4O5S/c1-26-14-8-6-13(7-9-14)22-17(18(25)27-21-22)28-10-15(23)20-12-4-2-11(3-5-12)16(19)24/h2-9H,10H2,1H3,(H3-,19,20,21,23,24,25). The lowest BCUT2D eigenvalue weighted by molar-refractivity contribution is -0.705. The Morgan fingerprint density at radius 3 is 2.50 bits per heavy atom. The molecule has 0 saturated carbocycles. The van der Waals surface area contributed by atoms with Crippen molar-refractivity contribution in [2.45, 2.75) is 5.03 Å². The van der Waals surface area contributed by atoms with E-state index in [4.69, 9.17) is 15.0 Å². The van der Waals surface area contributed by atoms with Gasteiger partial charge in [-0.15, -0.1) is 0 Å². The Morgan fingerprint density at radius 2 is 1.89 bits per heavy atom. The largest absolute Gasteiger partial charge is 0.538 e. The van der Waals surface area contributed by atoms with Crippen molar-refractivity contribution in [1.82, 2.24) is 5.27 Å². The fourth-order valence-electron chi connectivity index (χ4n) is 2.30. The highest BCUT2D eigenvalue weighted by Crippen LogP contribution is 2.24. The van der Waals surface area contributed by atoms with Crippen LogP contribution < -0.4 is 25.6 Å². The Hall–Kier alpha value is -3.53. The first kappa shape index (κ1) is 19.2. The van der Waals surface area contributed by atoms with Gasteiger partial charge in [0.1, 0.15) is 5.75 Å². The predicted octanol–water partition coefficient (Wildman–Crippen LogP) is 0.863. The molecule has 0 fully saturated rings. The topological polar surface area (TPSA) is 134 Å². The summed E-state index contributed by atoms with van der Waals surface area (Å²) in [7, 11) is 1.55. The summed E-state index contributed by atoms with van der Waals surface area (Å²) in [5.41, 5.74) is 6.62. The lowest BCUT2D eigenvalue weighted by atomic mass is 10.2. The van der Waals surface area contributed by atoms with Crippen molar-refractivity contribution in [3.63, 3.8) is 0 Å². The van der Waals surface area contributed by atoms with Crippen molar-refractivity contribution in [3.8, 4) is 17.4 Å². The third-order valence-corrected chi connectivity index (χ3v) is 4.70. The lowest BCUT2D eigenvalue weighted by Gasteiger charge is -2.05. The lowest BCUT2D eigenvalue weighted by Crippen LogP contribution is -2.35. The molecule has 10 heteroatoms. The van der Waals surface area contributed by atoms with Gasteiger partial charge in [-0.05, 0) is 52.8 Å². The van der Waals surface area contributed by atoms with Gasteiger partial charge in [-0.3, -0.25) is 9.59 Å². The molecule has 0 atom stereocenters. The van der Waals surface area contributed by atoms with Crippen LogP contribution in [0, 0.1) is 0 Å². The first-order chi connectivity index (χ1) is 13.5. The number of hydrogen-bond donors (Lipinski definition) is 2. The number of aromatic nitrogens is 2. The molecule has 28 heavy (non-hydrogen) atoms. The van der Waals surface area contributed by atoms with Crippen molar-refractivity contribution in [2.24, 2.45) is 5.73 Å². The van der Waals surface area contributed by atoms with Crippen LogP contribution in [0.1, 0.15) is 10.4 Å². The molecule has 0 aliphatic rings. The number of carbonyl (C=O) groups is 2. The van der Waals surface area contributed by atoms with Crippen LogP contribution in [0.15, 0.2) is 58.1 Å². The Bertz CT molecular complexity index is 986. The normalized spacial score (nSPS) is 10.5. The summed E-state index contributed by atoms with van der Waals surface area (Å²) >= 11 is 0.997. The highest BCUT2D eigenvalue weighted by Gasteiger charge is 2.22. The second-order valence-electron chi connectivity index (χ2n) is 5.55. The summed E-state index contributed by atoms with van der Waals surface area (Å²) in [4.78, 5) is 23.2. The number of amides is 2. The molecule has 0 saturated heterocycles. The molecule has 2 aromatic carbocycles. The van der Waals surface area contributed by atoms with Gasteiger partial charge in [0.15, 0.2) is 5.95 Å². The van der Waals surface area contributed by atoms with Gasteiger partial charge < -0.3 is 25.4 Å². The van der Waals surface area contributed by atoms with Crippen LogP contribution in [-0.4, -0.2) is 29.9 Å². The number of nitrogens with two attached hydrogens (primary N) is 1. The van der Waals surface area contributed by atoms with Gasteiger partial charge in [0.2, 0.25) is 17.5 Å². The molecule has 1 aromatic heterocycles.